The van der Waals surface area contributed by atoms with Crippen molar-refractivity contribution in [1.29, 1.82) is 0 Å². The summed E-state index contributed by atoms with van der Waals surface area (Å²) in [6.07, 6.45) is 0. The molecule has 2 nitrogen and oxygen atoms in total. The molecule has 0 unspecified atom stereocenters. The summed E-state index contributed by atoms with van der Waals surface area (Å²) in [7, 11) is 3.54. The standard InChI is InChI=1S/C5H11NOSe/c1-4(6-2)5(8)7-3/h4,6H,1-3H3/t4-/m0/s1. The van der Waals surface area contributed by atoms with E-state index in [1.165, 1.54) is 0 Å². The van der Waals surface area contributed by atoms with Crippen molar-refractivity contribution in [1.82, 2.24) is 5.32 Å². The maximum atomic E-state index is 4.90. The fourth-order valence-corrected chi connectivity index (χ4v) is 0.542. The van der Waals surface area contributed by atoms with Crippen LogP contribution in [-0.2, 0) is 4.74 Å². The first-order valence-electron chi connectivity index (χ1n) is 2.47. The number of hydrogen-bond donors (Lipinski definition) is 1. The Bertz CT molecular complexity index is 84.5. The Morgan fingerprint density at radius 2 is 2.25 bits per heavy atom. The molecule has 48 valence electrons. The van der Waals surface area contributed by atoms with Crippen LogP contribution in [0.15, 0.2) is 0 Å². The van der Waals surface area contributed by atoms with Gasteiger partial charge in [0.2, 0.25) is 0 Å². The summed E-state index contributed by atoms with van der Waals surface area (Å²) in [5.41, 5.74) is 0. The van der Waals surface area contributed by atoms with Crippen LogP contribution in [-0.4, -0.2) is 40.4 Å². The van der Waals surface area contributed by atoms with Gasteiger partial charge in [0.05, 0.1) is 0 Å². The molecule has 0 aliphatic carbocycles. The zero-order chi connectivity index (χ0) is 6.57. The predicted octanol–water partition coefficient (Wildman–Crippen LogP) is -0.461. The van der Waals surface area contributed by atoms with Gasteiger partial charge in [-0.25, -0.2) is 0 Å². The maximum absolute atomic E-state index is 4.90. The molecule has 0 aliphatic rings. The van der Waals surface area contributed by atoms with Gasteiger partial charge in [0.1, 0.15) is 0 Å². The molecule has 0 aromatic rings. The van der Waals surface area contributed by atoms with Gasteiger partial charge in [0.25, 0.3) is 0 Å². The van der Waals surface area contributed by atoms with Gasteiger partial charge < -0.3 is 0 Å². The van der Waals surface area contributed by atoms with Gasteiger partial charge in [-0.05, 0) is 0 Å². The first-order chi connectivity index (χ1) is 3.72. The van der Waals surface area contributed by atoms with Crippen molar-refractivity contribution in [2.75, 3.05) is 14.2 Å². The van der Waals surface area contributed by atoms with Crippen LogP contribution in [0.5, 0.6) is 0 Å². The number of ether oxygens (including phenoxy) is 1. The Kier molecular flexibility index (Phi) is 4.15. The molecule has 1 atom stereocenters. The van der Waals surface area contributed by atoms with Crippen LogP contribution in [0.4, 0.5) is 0 Å². The number of likely N-dealkylation sites (N-methyl/N-ethyl adjacent to an activating group) is 1. The molecule has 0 aromatic carbocycles. The quantitative estimate of drug-likeness (QED) is 0.593. The van der Waals surface area contributed by atoms with E-state index in [0.29, 0.717) is 6.04 Å². The third-order valence-electron chi connectivity index (χ3n) is 0.988. The Balaban J connectivity index is 3.46. The fraction of sp³-hybridized carbons (Fsp3) is 0.800. The van der Waals surface area contributed by atoms with E-state index in [-0.39, 0.29) is 0 Å². The topological polar surface area (TPSA) is 21.3 Å². The summed E-state index contributed by atoms with van der Waals surface area (Å²) in [6.45, 7) is 2.02. The zero-order valence-corrected chi connectivity index (χ0v) is 7.11. The van der Waals surface area contributed by atoms with Crippen LogP contribution in [0.25, 0.3) is 0 Å². The van der Waals surface area contributed by atoms with Gasteiger partial charge in [0, 0.05) is 0 Å². The molecular formula is C5H11NOSe. The Labute approximate surface area is 58.0 Å². The van der Waals surface area contributed by atoms with Gasteiger partial charge in [-0.2, -0.15) is 0 Å². The summed E-state index contributed by atoms with van der Waals surface area (Å²) >= 11 is 2.81. The molecule has 0 aliphatic heterocycles. The van der Waals surface area contributed by atoms with E-state index in [0.717, 1.165) is 4.60 Å². The van der Waals surface area contributed by atoms with Crippen molar-refractivity contribution in [3.05, 3.63) is 0 Å². The van der Waals surface area contributed by atoms with Gasteiger partial charge in [-0.1, -0.05) is 0 Å². The average molecular weight is 180 g/mol. The molecule has 0 rings (SSSR count). The summed E-state index contributed by atoms with van der Waals surface area (Å²) in [5.74, 6) is 0. The van der Waals surface area contributed by atoms with Crippen LogP contribution < -0.4 is 5.32 Å². The SMILES string of the molecule is CN[C@@H](C)C(=[Se])OC. The molecule has 3 heteroatoms. The van der Waals surface area contributed by atoms with Crippen LogP contribution >= 0.6 is 0 Å². The van der Waals surface area contributed by atoms with Gasteiger partial charge >= 0.3 is 57.4 Å². The molecule has 0 saturated heterocycles. The predicted molar refractivity (Wildman–Crippen MR) is 36.3 cm³/mol. The zero-order valence-electron chi connectivity index (χ0n) is 5.39. The minimum absolute atomic E-state index is 0.306. The summed E-state index contributed by atoms with van der Waals surface area (Å²) in [6, 6.07) is 0.306. The normalized spacial score (nSPS) is 12.9. The summed E-state index contributed by atoms with van der Waals surface area (Å²) < 4.78 is 5.80. The molecule has 0 aromatic heterocycles. The van der Waals surface area contributed by atoms with Crippen molar-refractivity contribution in [3.63, 3.8) is 0 Å². The van der Waals surface area contributed by atoms with Gasteiger partial charge in [0.15, 0.2) is 0 Å². The van der Waals surface area contributed by atoms with Crippen LogP contribution in [0.3, 0.4) is 0 Å². The molecule has 0 fully saturated rings. The number of rotatable bonds is 3. The molecule has 0 bridgehead atoms. The number of hydrogen-bond acceptors (Lipinski definition) is 2. The molecule has 8 heavy (non-hydrogen) atoms. The van der Waals surface area contributed by atoms with E-state index in [1.54, 1.807) is 7.11 Å². The molecule has 0 amide bonds. The second-order valence-electron chi connectivity index (χ2n) is 1.53. The fourth-order valence-electron chi connectivity index (χ4n) is 0.295. The van der Waals surface area contributed by atoms with E-state index < -0.39 is 0 Å². The van der Waals surface area contributed by atoms with Crippen molar-refractivity contribution in [3.8, 4) is 0 Å². The Hall–Kier alpha value is 0.149. The van der Waals surface area contributed by atoms with Crippen molar-refractivity contribution >= 4 is 20.2 Å². The van der Waals surface area contributed by atoms with Crippen molar-refractivity contribution in [2.24, 2.45) is 0 Å². The van der Waals surface area contributed by atoms with Crippen molar-refractivity contribution < 1.29 is 4.74 Å². The summed E-state index contributed by atoms with van der Waals surface area (Å²) in [5, 5.41) is 3.02. The molecule has 0 heterocycles. The first-order valence-corrected chi connectivity index (χ1v) is 3.33. The number of nitrogens with one attached hydrogen (secondary N) is 1. The van der Waals surface area contributed by atoms with Gasteiger partial charge in [-0.3, -0.25) is 0 Å². The van der Waals surface area contributed by atoms with E-state index >= 15 is 0 Å². The van der Waals surface area contributed by atoms with Crippen molar-refractivity contribution in [2.45, 2.75) is 13.0 Å². The second-order valence-corrected chi connectivity index (χ2v) is 2.38. The molecule has 0 radical (unpaired) electrons. The van der Waals surface area contributed by atoms with Gasteiger partial charge in [-0.15, -0.1) is 0 Å². The minimum atomic E-state index is 0.306. The molecular weight excluding hydrogens is 169 g/mol. The summed E-state index contributed by atoms with van der Waals surface area (Å²) in [4.78, 5) is 0. The van der Waals surface area contributed by atoms with Crippen LogP contribution in [0.1, 0.15) is 6.92 Å². The molecule has 0 spiro atoms. The Morgan fingerprint density at radius 3 is 2.38 bits per heavy atom. The van der Waals surface area contributed by atoms with E-state index in [9.17, 15) is 0 Å². The van der Waals surface area contributed by atoms with E-state index in [4.69, 9.17) is 4.74 Å². The monoisotopic (exact) mass is 181 g/mol. The third kappa shape index (κ3) is 2.46. The molecule has 1 N–H and O–H groups in total. The van der Waals surface area contributed by atoms with E-state index in [1.807, 2.05) is 14.0 Å². The molecule has 0 saturated carbocycles. The van der Waals surface area contributed by atoms with Crippen LogP contribution in [0.2, 0.25) is 0 Å². The third-order valence-corrected chi connectivity index (χ3v) is 2.08. The number of methoxy groups -OCH3 is 1. The Morgan fingerprint density at radius 1 is 1.75 bits per heavy atom. The van der Waals surface area contributed by atoms with E-state index in [2.05, 4.69) is 20.9 Å². The average Bonchev–Trinajstić information content (AvgIpc) is 1.84. The first kappa shape index (κ1) is 8.15. The second kappa shape index (κ2) is 4.07. The van der Waals surface area contributed by atoms with Crippen LogP contribution in [0, 0.1) is 0 Å².